The van der Waals surface area contributed by atoms with E-state index in [4.69, 9.17) is 0 Å². The second-order valence-electron chi connectivity index (χ2n) is 9.39. The number of amides is 3. The largest absolute Gasteiger partial charge is 0.370 e. The van der Waals surface area contributed by atoms with Gasteiger partial charge in [0.2, 0.25) is 5.91 Å². The minimum atomic E-state index is -0.413. The van der Waals surface area contributed by atoms with E-state index in [9.17, 15) is 18.8 Å². The Labute approximate surface area is 213 Å². The van der Waals surface area contributed by atoms with Crippen LogP contribution in [0.3, 0.4) is 0 Å². The van der Waals surface area contributed by atoms with Gasteiger partial charge in [0.15, 0.2) is 0 Å². The van der Waals surface area contributed by atoms with E-state index in [1.54, 1.807) is 47.5 Å². The van der Waals surface area contributed by atoms with Crippen molar-refractivity contribution in [3.8, 4) is 0 Å². The maximum absolute atomic E-state index is 13.7. The van der Waals surface area contributed by atoms with Crippen LogP contribution in [0.1, 0.15) is 49.8 Å². The number of aromatic nitrogens is 1. The van der Waals surface area contributed by atoms with Crippen molar-refractivity contribution in [1.29, 1.82) is 0 Å². The molecule has 3 heterocycles. The number of aryl methyl sites for hydroxylation is 1. The first-order chi connectivity index (χ1) is 17.3. The van der Waals surface area contributed by atoms with Crippen molar-refractivity contribution in [3.05, 3.63) is 81.1 Å². The van der Waals surface area contributed by atoms with Gasteiger partial charge in [-0.05, 0) is 49.6 Å². The number of rotatable bonds is 6. The van der Waals surface area contributed by atoms with Crippen molar-refractivity contribution < 1.29 is 18.8 Å². The lowest BCUT2D eigenvalue weighted by Gasteiger charge is -2.36. The van der Waals surface area contributed by atoms with E-state index in [1.807, 2.05) is 23.3 Å². The summed E-state index contributed by atoms with van der Waals surface area (Å²) in [4.78, 5) is 49.1. The van der Waals surface area contributed by atoms with Crippen molar-refractivity contribution in [2.45, 2.75) is 32.9 Å². The van der Waals surface area contributed by atoms with Gasteiger partial charge >= 0.3 is 0 Å². The molecule has 186 valence electrons. The molecule has 5 rings (SSSR count). The van der Waals surface area contributed by atoms with E-state index in [1.165, 1.54) is 17.0 Å². The molecule has 0 spiro atoms. The number of imide groups is 1. The summed E-state index contributed by atoms with van der Waals surface area (Å²) >= 11 is 1.54. The van der Waals surface area contributed by atoms with Gasteiger partial charge in [-0.3, -0.25) is 19.3 Å². The molecule has 0 saturated carbocycles. The minimum absolute atomic E-state index is 0.00564. The number of hydrogen-bond donors (Lipinski definition) is 0. The second kappa shape index (κ2) is 9.81. The Balaban J connectivity index is 1.34. The topological polar surface area (TPSA) is 73.8 Å². The highest BCUT2D eigenvalue weighted by atomic mass is 32.1. The quantitative estimate of drug-likeness (QED) is 0.467. The maximum Gasteiger partial charge on any atom is 0.263 e. The molecule has 3 aromatic rings. The Kier molecular flexibility index (Phi) is 6.57. The van der Waals surface area contributed by atoms with Gasteiger partial charge < -0.3 is 9.80 Å². The van der Waals surface area contributed by atoms with Gasteiger partial charge in [0, 0.05) is 31.2 Å². The van der Waals surface area contributed by atoms with Gasteiger partial charge in [-0.25, -0.2) is 9.37 Å². The lowest BCUT2D eigenvalue weighted by molar-refractivity contribution is -0.135. The van der Waals surface area contributed by atoms with E-state index in [0.717, 1.165) is 23.5 Å². The average molecular weight is 507 g/mol. The monoisotopic (exact) mass is 506 g/mol. The predicted octanol–water partition coefficient (Wildman–Crippen LogP) is 4.26. The first kappa shape index (κ1) is 24.1. The van der Waals surface area contributed by atoms with Gasteiger partial charge in [0.1, 0.15) is 10.8 Å². The van der Waals surface area contributed by atoms with Crippen molar-refractivity contribution in [1.82, 2.24) is 14.8 Å². The number of piperidine rings is 1. The highest BCUT2D eigenvalue weighted by molar-refractivity contribution is 7.09. The van der Waals surface area contributed by atoms with Crippen molar-refractivity contribution >= 4 is 34.7 Å². The summed E-state index contributed by atoms with van der Waals surface area (Å²) in [5.41, 5.74) is 2.87. The summed E-state index contributed by atoms with van der Waals surface area (Å²) in [6.07, 6.45) is 1.57. The van der Waals surface area contributed by atoms with Crippen LogP contribution in [0.25, 0.3) is 0 Å². The first-order valence-corrected chi connectivity index (χ1v) is 12.8. The van der Waals surface area contributed by atoms with Crippen LogP contribution in [-0.2, 0) is 17.9 Å². The summed E-state index contributed by atoms with van der Waals surface area (Å²) in [7, 11) is 1.80. The first-order valence-electron chi connectivity index (χ1n) is 12.0. The third-order valence-electron chi connectivity index (χ3n) is 6.73. The molecule has 7 nitrogen and oxygen atoms in total. The number of carbonyl (C=O) groups is 3. The summed E-state index contributed by atoms with van der Waals surface area (Å²) in [6.45, 7) is 3.58. The number of hydrogen-bond acceptors (Lipinski definition) is 6. The van der Waals surface area contributed by atoms with Gasteiger partial charge in [-0.15, -0.1) is 11.3 Å². The number of carbonyl (C=O) groups excluding carboxylic acids is 3. The smallest absolute Gasteiger partial charge is 0.263 e. The lowest BCUT2D eigenvalue weighted by Crippen LogP contribution is -2.44. The van der Waals surface area contributed by atoms with Crippen molar-refractivity contribution in [3.63, 3.8) is 0 Å². The highest BCUT2D eigenvalue weighted by Crippen LogP contribution is 2.35. The van der Waals surface area contributed by atoms with Crippen LogP contribution in [0.5, 0.6) is 0 Å². The van der Waals surface area contributed by atoms with E-state index >= 15 is 0 Å². The summed E-state index contributed by atoms with van der Waals surface area (Å²) in [6, 6.07) is 11.2. The maximum atomic E-state index is 13.7. The zero-order chi connectivity index (χ0) is 25.4. The molecule has 1 aromatic heterocycles. The molecule has 2 aliphatic heterocycles. The fourth-order valence-corrected chi connectivity index (χ4v) is 5.83. The second-order valence-corrected chi connectivity index (χ2v) is 10.3. The van der Waals surface area contributed by atoms with E-state index in [0.29, 0.717) is 42.0 Å². The molecule has 0 unspecified atom stereocenters. The summed E-state index contributed by atoms with van der Waals surface area (Å²) in [5, 5.41) is 2.88. The predicted molar refractivity (Wildman–Crippen MR) is 135 cm³/mol. The molecule has 1 atom stereocenters. The van der Waals surface area contributed by atoms with Crippen LogP contribution in [0, 0.1) is 18.7 Å². The van der Waals surface area contributed by atoms with Crippen LogP contribution in [0.4, 0.5) is 10.1 Å². The van der Waals surface area contributed by atoms with Crippen LogP contribution in [-0.4, -0.2) is 52.6 Å². The molecule has 2 aromatic carbocycles. The Hall–Kier alpha value is -3.59. The molecular formula is C27H27FN4O3S. The fraction of sp³-hybridized carbons (Fsp3) is 0.333. The Morgan fingerprint density at radius 3 is 2.75 bits per heavy atom. The van der Waals surface area contributed by atoms with Crippen LogP contribution in [0.15, 0.2) is 47.8 Å². The molecule has 0 bridgehead atoms. The number of anilines is 1. The standard InChI is InChI=1S/C27H27FN4O3S/c1-17-16-36-23(29-17)15-30(2)25(33)19-7-5-11-31(14-19)22-10-4-9-21-24(22)27(35)32(26(21)34)13-18-6-3-8-20(28)12-18/h3-4,6,8-10,12,16,19H,5,7,11,13-15H2,1-2H3/t19-/m1/s1. The minimum Gasteiger partial charge on any atom is -0.370 e. The zero-order valence-corrected chi connectivity index (χ0v) is 21.1. The number of fused-ring (bicyclic) bond motifs is 1. The van der Waals surface area contributed by atoms with Gasteiger partial charge in [-0.2, -0.15) is 0 Å². The molecule has 36 heavy (non-hydrogen) atoms. The molecule has 1 fully saturated rings. The van der Waals surface area contributed by atoms with Gasteiger partial charge in [0.25, 0.3) is 11.8 Å². The van der Waals surface area contributed by atoms with Crippen molar-refractivity contribution in [2.75, 3.05) is 25.0 Å². The molecule has 0 aliphatic carbocycles. The molecule has 9 heteroatoms. The van der Waals surface area contributed by atoms with E-state index in [2.05, 4.69) is 4.98 Å². The average Bonchev–Trinajstić information content (AvgIpc) is 3.39. The number of benzene rings is 2. The summed E-state index contributed by atoms with van der Waals surface area (Å²) in [5.74, 6) is -1.35. The Morgan fingerprint density at radius 1 is 1.19 bits per heavy atom. The Morgan fingerprint density at radius 2 is 2.00 bits per heavy atom. The normalized spacial score (nSPS) is 17.5. The molecule has 0 N–H and O–H groups in total. The van der Waals surface area contributed by atoms with Crippen LogP contribution in [0.2, 0.25) is 0 Å². The number of thiazole rings is 1. The molecule has 2 aliphatic rings. The molecular weight excluding hydrogens is 479 g/mol. The van der Waals surface area contributed by atoms with E-state index in [-0.39, 0.29) is 30.2 Å². The van der Waals surface area contributed by atoms with Gasteiger partial charge in [-0.1, -0.05) is 18.2 Å². The summed E-state index contributed by atoms with van der Waals surface area (Å²) < 4.78 is 13.7. The SMILES string of the molecule is Cc1csc(CN(C)C(=O)[C@@H]2CCCN(c3cccc4c3C(=O)N(Cc3cccc(F)c3)C4=O)C2)n1. The third kappa shape index (κ3) is 4.63. The fourth-order valence-electron chi connectivity index (χ4n) is 5.01. The number of nitrogens with zero attached hydrogens (tertiary/aromatic N) is 4. The lowest BCUT2D eigenvalue weighted by atomic mass is 9.95. The third-order valence-corrected chi connectivity index (χ3v) is 7.68. The van der Waals surface area contributed by atoms with E-state index < -0.39 is 5.82 Å². The molecule has 1 saturated heterocycles. The Bertz CT molecular complexity index is 1340. The highest BCUT2D eigenvalue weighted by Gasteiger charge is 2.39. The van der Waals surface area contributed by atoms with Crippen LogP contribution < -0.4 is 4.90 Å². The van der Waals surface area contributed by atoms with Crippen LogP contribution >= 0.6 is 11.3 Å². The number of halogens is 1. The van der Waals surface area contributed by atoms with Gasteiger partial charge in [0.05, 0.1) is 35.8 Å². The van der Waals surface area contributed by atoms with Crippen molar-refractivity contribution in [2.24, 2.45) is 5.92 Å². The zero-order valence-electron chi connectivity index (χ0n) is 20.2. The molecule has 3 amide bonds. The molecule has 0 radical (unpaired) electrons.